The molecular weight excluding hydrogens is 340 g/mol. The average molecular weight is 364 g/mol. The third kappa shape index (κ3) is 3.35. The number of nitriles is 1. The third-order valence-corrected chi connectivity index (χ3v) is 5.37. The third-order valence-electron chi connectivity index (χ3n) is 5.37. The molecule has 0 radical (unpaired) electrons. The second-order valence-corrected chi connectivity index (χ2v) is 7.91. The van der Waals surface area contributed by atoms with Gasteiger partial charge in [-0.15, -0.1) is 0 Å². The predicted molar refractivity (Wildman–Crippen MR) is 101 cm³/mol. The van der Waals surface area contributed by atoms with Crippen molar-refractivity contribution in [1.29, 1.82) is 5.26 Å². The molecule has 0 unspecified atom stereocenters. The molecule has 1 amide bonds. The van der Waals surface area contributed by atoms with Gasteiger partial charge in [0.1, 0.15) is 5.69 Å². The normalized spacial score (nSPS) is 21.6. The van der Waals surface area contributed by atoms with Crippen LogP contribution in [0.1, 0.15) is 73.1 Å². The zero-order valence-corrected chi connectivity index (χ0v) is 15.6. The molecule has 0 bridgehead atoms. The molecule has 27 heavy (non-hydrogen) atoms. The van der Waals surface area contributed by atoms with Crippen LogP contribution < -0.4 is 5.32 Å². The van der Waals surface area contributed by atoms with Crippen molar-refractivity contribution in [3.05, 3.63) is 41.1 Å². The fourth-order valence-electron chi connectivity index (χ4n) is 3.68. The van der Waals surface area contributed by atoms with Crippen molar-refractivity contribution in [3.8, 4) is 17.3 Å². The van der Waals surface area contributed by atoms with E-state index in [1.54, 1.807) is 12.1 Å². The highest BCUT2D eigenvalue weighted by Crippen LogP contribution is 2.46. The number of carbonyl (C=O) groups is 1. The summed E-state index contributed by atoms with van der Waals surface area (Å²) in [5.74, 6) is 0.255. The number of benzene rings is 1. The maximum Gasteiger partial charge on any atom is 0.270 e. The van der Waals surface area contributed by atoms with E-state index in [4.69, 9.17) is 10.4 Å². The molecule has 2 aliphatic rings. The monoisotopic (exact) mass is 364 g/mol. The molecular formula is C21H24N4O2. The van der Waals surface area contributed by atoms with E-state index in [9.17, 15) is 9.90 Å². The maximum absolute atomic E-state index is 13.1. The SMILES string of the molecule is CC(C)n1nc(-c2ccc(C#N)cc2)c(C2CC2)c1C(=O)N[C@H]1C[C@@H](O)C1. The first-order valence-corrected chi connectivity index (χ1v) is 9.59. The second kappa shape index (κ2) is 6.82. The Morgan fingerprint density at radius 1 is 1.30 bits per heavy atom. The van der Waals surface area contributed by atoms with Crippen LogP contribution in [0.2, 0.25) is 0 Å². The smallest absolute Gasteiger partial charge is 0.270 e. The maximum atomic E-state index is 13.1. The van der Waals surface area contributed by atoms with Gasteiger partial charge in [0.2, 0.25) is 0 Å². The van der Waals surface area contributed by atoms with E-state index < -0.39 is 0 Å². The lowest BCUT2D eigenvalue weighted by Crippen LogP contribution is -2.47. The predicted octanol–water partition coefficient (Wildman–Crippen LogP) is 3.13. The molecule has 0 saturated heterocycles. The lowest BCUT2D eigenvalue weighted by molar-refractivity contribution is 0.0557. The average Bonchev–Trinajstić information content (AvgIpc) is 3.39. The van der Waals surface area contributed by atoms with Crippen molar-refractivity contribution in [1.82, 2.24) is 15.1 Å². The standard InChI is InChI=1S/C21H24N4O2/c1-12(2)25-20(21(27)23-16-9-17(26)10-16)18(14-7-8-14)19(24-25)15-5-3-13(11-22)4-6-15/h3-6,12,14,16-17,26H,7-10H2,1-2H3,(H,23,27)/t16-,17+. The first-order chi connectivity index (χ1) is 13.0. The van der Waals surface area contributed by atoms with Gasteiger partial charge in [0, 0.05) is 23.2 Å². The quantitative estimate of drug-likeness (QED) is 0.853. The number of hydrogen-bond acceptors (Lipinski definition) is 4. The molecule has 0 aliphatic heterocycles. The van der Waals surface area contributed by atoms with Gasteiger partial charge in [-0.25, -0.2) is 0 Å². The minimum Gasteiger partial charge on any atom is -0.393 e. The van der Waals surface area contributed by atoms with Gasteiger partial charge in [0.15, 0.2) is 0 Å². The minimum atomic E-state index is -0.303. The first-order valence-electron chi connectivity index (χ1n) is 9.59. The second-order valence-electron chi connectivity index (χ2n) is 7.91. The zero-order chi connectivity index (χ0) is 19.1. The summed E-state index contributed by atoms with van der Waals surface area (Å²) in [7, 11) is 0. The van der Waals surface area contributed by atoms with Crippen LogP contribution in [0.15, 0.2) is 24.3 Å². The van der Waals surface area contributed by atoms with Crippen LogP contribution >= 0.6 is 0 Å². The molecule has 2 fully saturated rings. The highest BCUT2D eigenvalue weighted by Gasteiger charge is 2.37. The topological polar surface area (TPSA) is 90.9 Å². The zero-order valence-electron chi connectivity index (χ0n) is 15.6. The molecule has 2 aliphatic carbocycles. The van der Waals surface area contributed by atoms with Crippen LogP contribution in [0.25, 0.3) is 11.3 Å². The number of aliphatic hydroxyl groups excluding tert-OH is 1. The van der Waals surface area contributed by atoms with Gasteiger partial charge in [0.25, 0.3) is 5.91 Å². The number of rotatable bonds is 5. The highest BCUT2D eigenvalue weighted by molar-refractivity contribution is 5.96. The van der Waals surface area contributed by atoms with Crippen LogP contribution in [-0.4, -0.2) is 32.9 Å². The lowest BCUT2D eigenvalue weighted by Gasteiger charge is -2.32. The van der Waals surface area contributed by atoms with Crippen LogP contribution in [0.3, 0.4) is 0 Å². The number of carbonyl (C=O) groups excluding carboxylic acids is 1. The van der Waals surface area contributed by atoms with Crippen LogP contribution in [0, 0.1) is 11.3 Å². The Kier molecular flexibility index (Phi) is 4.48. The molecule has 0 spiro atoms. The molecule has 2 N–H and O–H groups in total. The van der Waals surface area contributed by atoms with E-state index in [0.717, 1.165) is 29.7 Å². The highest BCUT2D eigenvalue weighted by atomic mass is 16.3. The van der Waals surface area contributed by atoms with Gasteiger partial charge in [-0.2, -0.15) is 10.4 Å². The van der Waals surface area contributed by atoms with E-state index in [-0.39, 0.29) is 24.1 Å². The summed E-state index contributed by atoms with van der Waals surface area (Å²) < 4.78 is 1.83. The Morgan fingerprint density at radius 2 is 1.96 bits per heavy atom. The van der Waals surface area contributed by atoms with Crippen molar-refractivity contribution in [2.75, 3.05) is 0 Å². The van der Waals surface area contributed by atoms with Gasteiger partial charge in [-0.3, -0.25) is 9.48 Å². The number of nitrogens with one attached hydrogen (secondary N) is 1. The van der Waals surface area contributed by atoms with E-state index in [2.05, 4.69) is 11.4 Å². The van der Waals surface area contributed by atoms with Crippen molar-refractivity contribution in [2.45, 2.75) is 63.6 Å². The van der Waals surface area contributed by atoms with Crippen molar-refractivity contribution in [3.63, 3.8) is 0 Å². The minimum absolute atomic E-state index is 0.0356. The van der Waals surface area contributed by atoms with Crippen LogP contribution in [0.4, 0.5) is 0 Å². The van der Waals surface area contributed by atoms with E-state index in [1.807, 2.05) is 30.7 Å². The van der Waals surface area contributed by atoms with Crippen molar-refractivity contribution >= 4 is 5.91 Å². The number of aliphatic hydroxyl groups is 1. The van der Waals surface area contributed by atoms with Gasteiger partial charge < -0.3 is 10.4 Å². The van der Waals surface area contributed by atoms with Gasteiger partial charge in [-0.1, -0.05) is 12.1 Å². The fourth-order valence-corrected chi connectivity index (χ4v) is 3.68. The largest absolute Gasteiger partial charge is 0.393 e. The Bertz CT molecular complexity index is 897. The number of hydrogen-bond donors (Lipinski definition) is 2. The fraction of sp³-hybridized carbons (Fsp3) is 0.476. The van der Waals surface area contributed by atoms with Gasteiger partial charge in [-0.05, 0) is 57.6 Å². The molecule has 1 aromatic heterocycles. The van der Waals surface area contributed by atoms with Gasteiger partial charge >= 0.3 is 0 Å². The Labute approximate surface area is 158 Å². The molecule has 6 nitrogen and oxygen atoms in total. The summed E-state index contributed by atoms with van der Waals surface area (Å²) in [5.41, 5.74) is 4.05. The molecule has 6 heteroatoms. The number of amides is 1. The van der Waals surface area contributed by atoms with Crippen molar-refractivity contribution < 1.29 is 9.90 Å². The molecule has 4 rings (SSSR count). The molecule has 1 aromatic carbocycles. The molecule has 1 heterocycles. The molecule has 140 valence electrons. The van der Waals surface area contributed by atoms with Gasteiger partial charge in [0.05, 0.1) is 23.4 Å². The summed E-state index contributed by atoms with van der Waals surface area (Å²) in [6.07, 6.45) is 3.05. The van der Waals surface area contributed by atoms with Crippen molar-refractivity contribution in [2.24, 2.45) is 0 Å². The van der Waals surface area contributed by atoms with E-state index >= 15 is 0 Å². The Morgan fingerprint density at radius 3 is 2.48 bits per heavy atom. The lowest BCUT2D eigenvalue weighted by atomic mass is 9.89. The first kappa shape index (κ1) is 17.7. The summed E-state index contributed by atoms with van der Waals surface area (Å²) in [6, 6.07) is 9.61. The Hall–Kier alpha value is -2.65. The van der Waals surface area contributed by atoms with E-state index in [1.165, 1.54) is 0 Å². The summed E-state index contributed by atoms with van der Waals surface area (Å²) >= 11 is 0. The number of aromatic nitrogens is 2. The molecule has 2 aromatic rings. The van der Waals surface area contributed by atoms with Crippen LogP contribution in [0.5, 0.6) is 0 Å². The molecule has 0 atom stereocenters. The number of nitrogens with zero attached hydrogens (tertiary/aromatic N) is 3. The van der Waals surface area contributed by atoms with E-state index in [0.29, 0.717) is 30.0 Å². The summed E-state index contributed by atoms with van der Waals surface area (Å²) in [4.78, 5) is 13.1. The summed E-state index contributed by atoms with van der Waals surface area (Å²) in [5, 5.41) is 26.4. The Balaban J connectivity index is 1.75. The summed E-state index contributed by atoms with van der Waals surface area (Å²) in [6.45, 7) is 4.05. The van der Waals surface area contributed by atoms with Crippen LogP contribution in [-0.2, 0) is 0 Å². The molecule has 2 saturated carbocycles.